The Labute approximate surface area is 115 Å². The van der Waals surface area contributed by atoms with Crippen LogP contribution in [0.25, 0.3) is 5.57 Å². The fraction of sp³-hybridized carbons (Fsp3) is 0.500. The fourth-order valence-corrected chi connectivity index (χ4v) is 3.10. The molecule has 0 saturated carbocycles. The molecule has 1 aliphatic heterocycles. The Morgan fingerprint density at radius 3 is 2.72 bits per heavy atom. The summed E-state index contributed by atoms with van der Waals surface area (Å²) in [5.41, 5.74) is 3.62. The molecule has 3 nitrogen and oxygen atoms in total. The minimum atomic E-state index is -0.341. The monoisotopic (exact) mass is 309 g/mol. The second-order valence-corrected chi connectivity index (χ2v) is 5.78. The van der Waals surface area contributed by atoms with Gasteiger partial charge < -0.3 is 9.47 Å². The summed E-state index contributed by atoms with van der Waals surface area (Å²) in [4.78, 5) is 4.52. The predicted octanol–water partition coefficient (Wildman–Crippen LogP) is 3.46. The molecule has 0 amide bonds. The molecule has 0 atom stereocenters. The number of nitrogens with zero attached hydrogens (tertiary/aromatic N) is 1. The largest absolute Gasteiger partial charge is 0.347 e. The number of aromatic nitrogens is 1. The van der Waals surface area contributed by atoms with Crippen LogP contribution >= 0.6 is 15.9 Å². The molecule has 1 saturated heterocycles. The molecule has 0 N–H and O–H groups in total. The molecule has 18 heavy (non-hydrogen) atoms. The van der Waals surface area contributed by atoms with Crippen molar-refractivity contribution in [3.8, 4) is 0 Å². The van der Waals surface area contributed by atoms with E-state index in [4.69, 9.17) is 9.47 Å². The summed E-state index contributed by atoms with van der Waals surface area (Å²) in [6.45, 7) is 3.54. The quantitative estimate of drug-likeness (QED) is 0.796. The number of halogens is 1. The van der Waals surface area contributed by atoms with Crippen LogP contribution in [0.2, 0.25) is 0 Å². The zero-order valence-electron chi connectivity index (χ0n) is 10.4. The van der Waals surface area contributed by atoms with Crippen LogP contribution in [0.1, 0.15) is 30.5 Å². The highest BCUT2D eigenvalue weighted by Crippen LogP contribution is 2.38. The van der Waals surface area contributed by atoms with Crippen molar-refractivity contribution in [2.24, 2.45) is 0 Å². The average Bonchev–Trinajstić information content (AvgIpc) is 2.80. The molecule has 1 aliphatic carbocycles. The van der Waals surface area contributed by atoms with Gasteiger partial charge in [-0.25, -0.2) is 0 Å². The highest BCUT2D eigenvalue weighted by atomic mass is 79.9. The van der Waals surface area contributed by atoms with Gasteiger partial charge in [0, 0.05) is 23.5 Å². The van der Waals surface area contributed by atoms with E-state index in [0.29, 0.717) is 0 Å². The molecule has 0 aromatic carbocycles. The number of rotatable bonds is 1. The van der Waals surface area contributed by atoms with E-state index in [0.717, 1.165) is 42.6 Å². The fourth-order valence-electron chi connectivity index (χ4n) is 2.66. The van der Waals surface area contributed by atoms with Crippen LogP contribution in [-0.4, -0.2) is 24.0 Å². The predicted molar refractivity (Wildman–Crippen MR) is 73.1 cm³/mol. The highest BCUT2D eigenvalue weighted by molar-refractivity contribution is 9.10. The average molecular weight is 310 g/mol. The summed E-state index contributed by atoms with van der Waals surface area (Å²) in [5, 5.41) is 0. The number of hydrogen-bond acceptors (Lipinski definition) is 3. The Bertz CT molecular complexity index is 493. The van der Waals surface area contributed by atoms with E-state index < -0.39 is 0 Å². The number of pyridine rings is 1. The van der Waals surface area contributed by atoms with Crippen LogP contribution in [0, 0.1) is 6.92 Å². The van der Waals surface area contributed by atoms with Crippen molar-refractivity contribution >= 4 is 21.5 Å². The lowest BCUT2D eigenvalue weighted by molar-refractivity contribution is -0.159. The van der Waals surface area contributed by atoms with Gasteiger partial charge in [0.2, 0.25) is 0 Å². The van der Waals surface area contributed by atoms with Gasteiger partial charge in [-0.1, -0.05) is 6.08 Å². The van der Waals surface area contributed by atoms with Crippen molar-refractivity contribution in [1.29, 1.82) is 0 Å². The van der Waals surface area contributed by atoms with Crippen LogP contribution in [0.4, 0.5) is 0 Å². The second-order valence-electron chi connectivity index (χ2n) is 4.86. The van der Waals surface area contributed by atoms with Crippen LogP contribution in [-0.2, 0) is 9.47 Å². The first-order valence-electron chi connectivity index (χ1n) is 6.28. The molecule has 2 heterocycles. The summed E-state index contributed by atoms with van der Waals surface area (Å²) in [6, 6.07) is 2.11. The van der Waals surface area contributed by atoms with Gasteiger partial charge in [-0.15, -0.1) is 0 Å². The van der Waals surface area contributed by atoms with Crippen LogP contribution < -0.4 is 0 Å². The van der Waals surface area contributed by atoms with Gasteiger partial charge in [0.15, 0.2) is 5.79 Å². The van der Waals surface area contributed by atoms with Crippen molar-refractivity contribution in [2.45, 2.75) is 32.0 Å². The lowest BCUT2D eigenvalue weighted by Gasteiger charge is -2.30. The van der Waals surface area contributed by atoms with Crippen LogP contribution in [0.3, 0.4) is 0 Å². The smallest absolute Gasteiger partial charge is 0.172 e. The summed E-state index contributed by atoms with van der Waals surface area (Å²) in [5.74, 6) is -0.341. The second kappa shape index (κ2) is 4.76. The van der Waals surface area contributed by atoms with Crippen molar-refractivity contribution in [3.05, 3.63) is 34.1 Å². The molecule has 1 aromatic rings. The molecule has 1 spiro atoms. The first-order chi connectivity index (χ1) is 8.69. The maximum atomic E-state index is 5.72. The van der Waals surface area contributed by atoms with Crippen molar-refractivity contribution in [3.63, 3.8) is 0 Å². The topological polar surface area (TPSA) is 31.4 Å². The Kier molecular flexibility index (Phi) is 3.26. The van der Waals surface area contributed by atoms with Gasteiger partial charge >= 0.3 is 0 Å². The van der Waals surface area contributed by atoms with Gasteiger partial charge in [-0.3, -0.25) is 4.98 Å². The van der Waals surface area contributed by atoms with Crippen molar-refractivity contribution in [2.75, 3.05) is 13.2 Å². The summed E-state index contributed by atoms with van der Waals surface area (Å²) < 4.78 is 12.5. The molecule has 0 radical (unpaired) electrons. The third-order valence-corrected chi connectivity index (χ3v) is 4.03. The van der Waals surface area contributed by atoms with E-state index in [1.807, 2.05) is 6.20 Å². The molecule has 0 bridgehead atoms. The normalized spacial score (nSPS) is 22.2. The van der Waals surface area contributed by atoms with E-state index >= 15 is 0 Å². The molecule has 2 aliphatic rings. The van der Waals surface area contributed by atoms with E-state index in [1.165, 1.54) is 11.1 Å². The number of hydrogen-bond donors (Lipinski definition) is 0. The van der Waals surface area contributed by atoms with Gasteiger partial charge in [0.25, 0.3) is 0 Å². The summed E-state index contributed by atoms with van der Waals surface area (Å²) in [7, 11) is 0. The minimum absolute atomic E-state index is 0.341. The molecular weight excluding hydrogens is 294 g/mol. The third kappa shape index (κ3) is 2.25. The van der Waals surface area contributed by atoms with Gasteiger partial charge in [-0.2, -0.15) is 0 Å². The SMILES string of the molecule is Cc1cc(Br)cnc1C1=CCC2(CC1)OCCO2. The molecule has 4 heteroatoms. The summed E-state index contributed by atoms with van der Waals surface area (Å²) >= 11 is 3.45. The van der Waals surface area contributed by atoms with E-state index in [-0.39, 0.29) is 5.79 Å². The zero-order valence-corrected chi connectivity index (χ0v) is 12.0. The maximum Gasteiger partial charge on any atom is 0.172 e. The van der Waals surface area contributed by atoms with E-state index in [2.05, 4.69) is 40.0 Å². The first-order valence-corrected chi connectivity index (χ1v) is 7.07. The molecular formula is C14H16BrNO2. The van der Waals surface area contributed by atoms with Crippen LogP contribution in [0.5, 0.6) is 0 Å². The van der Waals surface area contributed by atoms with Gasteiger partial charge in [0.05, 0.1) is 18.9 Å². The first kappa shape index (κ1) is 12.3. The zero-order chi connectivity index (χ0) is 12.6. The Morgan fingerprint density at radius 2 is 2.11 bits per heavy atom. The summed E-state index contributed by atoms with van der Waals surface area (Å²) in [6.07, 6.45) is 6.80. The molecule has 1 aromatic heterocycles. The minimum Gasteiger partial charge on any atom is -0.347 e. The van der Waals surface area contributed by atoms with E-state index in [9.17, 15) is 0 Å². The number of aryl methyl sites for hydroxylation is 1. The molecule has 96 valence electrons. The van der Waals surface area contributed by atoms with Gasteiger partial charge in [-0.05, 0) is 46.5 Å². The van der Waals surface area contributed by atoms with Crippen molar-refractivity contribution < 1.29 is 9.47 Å². The van der Waals surface area contributed by atoms with Gasteiger partial charge in [0.1, 0.15) is 0 Å². The lowest BCUT2D eigenvalue weighted by Crippen LogP contribution is -2.31. The Balaban J connectivity index is 1.84. The Hall–Kier alpha value is -0.710. The van der Waals surface area contributed by atoms with Crippen molar-refractivity contribution in [1.82, 2.24) is 4.98 Å². The van der Waals surface area contributed by atoms with E-state index in [1.54, 1.807) is 0 Å². The molecule has 3 rings (SSSR count). The Morgan fingerprint density at radius 1 is 1.33 bits per heavy atom. The third-order valence-electron chi connectivity index (χ3n) is 3.60. The molecule has 0 unspecified atom stereocenters. The maximum absolute atomic E-state index is 5.72. The van der Waals surface area contributed by atoms with Crippen LogP contribution in [0.15, 0.2) is 22.8 Å². The number of ether oxygens (including phenoxy) is 2. The molecule has 1 fully saturated rings. The highest BCUT2D eigenvalue weighted by Gasteiger charge is 2.37. The standard InChI is InChI=1S/C14H16BrNO2/c1-10-8-12(15)9-16-13(10)11-2-4-14(5-3-11)17-6-7-18-14/h2,8-9H,3-7H2,1H3. The number of allylic oxidation sites excluding steroid dienone is 1. The lowest BCUT2D eigenvalue weighted by atomic mass is 9.91.